The Hall–Kier alpha value is 0.0200. The molecule has 8 heavy (non-hydrogen) atoms. The fourth-order valence-electron chi connectivity index (χ4n) is 0.588. The van der Waals surface area contributed by atoms with Crippen molar-refractivity contribution in [3.05, 3.63) is 0 Å². The Morgan fingerprint density at radius 3 is 2.50 bits per heavy atom. The summed E-state index contributed by atoms with van der Waals surface area (Å²) < 4.78 is 9.81. The Morgan fingerprint density at radius 1 is 1.25 bits per heavy atom. The molecule has 0 saturated carbocycles. The van der Waals surface area contributed by atoms with Crippen LogP contribution in [0.5, 0.6) is 0 Å². The van der Waals surface area contributed by atoms with E-state index in [0.717, 1.165) is 12.2 Å². The Kier molecular flexibility index (Phi) is 7.04. The first-order chi connectivity index (χ1) is 3.91. The second kappa shape index (κ2) is 7.02. The van der Waals surface area contributed by atoms with Crippen LogP contribution in [0.4, 0.5) is 0 Å². The van der Waals surface area contributed by atoms with Crippen molar-refractivity contribution in [3.8, 4) is 0 Å². The third-order valence-electron chi connectivity index (χ3n) is 1.08. The lowest BCUT2D eigenvalue weighted by Gasteiger charge is -1.86. The Balaban J connectivity index is 2.62. The zero-order valence-electron chi connectivity index (χ0n) is 5.35. The van der Waals surface area contributed by atoms with E-state index in [4.69, 9.17) is 0 Å². The van der Waals surface area contributed by atoms with Crippen molar-refractivity contribution in [2.75, 3.05) is 5.75 Å². The van der Waals surface area contributed by atoms with E-state index in [2.05, 4.69) is 6.92 Å². The first-order valence-corrected chi connectivity index (χ1v) is 4.07. The third kappa shape index (κ3) is 6.02. The van der Waals surface area contributed by atoms with E-state index in [9.17, 15) is 4.21 Å². The van der Waals surface area contributed by atoms with Crippen LogP contribution in [0.15, 0.2) is 0 Å². The summed E-state index contributed by atoms with van der Waals surface area (Å²) in [5, 5.41) is 0. The van der Waals surface area contributed by atoms with Gasteiger partial charge in [-0.25, -0.2) is 0 Å². The molecule has 0 bridgehead atoms. The van der Waals surface area contributed by atoms with E-state index in [-0.39, 0.29) is 0 Å². The smallest absolute Gasteiger partial charge is 0.0654 e. The minimum atomic E-state index is 0.702. The molecule has 0 aromatic carbocycles. The molecule has 0 heterocycles. The normalized spacial score (nSPS) is 9.12. The highest BCUT2D eigenvalue weighted by Crippen LogP contribution is 1.96. The standard InChI is InChI=1S/C6H13OS/c1-2-3-4-5-6-8-7/h2-6H2,1H3/q+1. The fraction of sp³-hybridized carbons (Fsp3) is 1.00. The summed E-state index contributed by atoms with van der Waals surface area (Å²) in [4.78, 5) is 0. The van der Waals surface area contributed by atoms with Gasteiger partial charge in [-0.2, -0.15) is 0 Å². The van der Waals surface area contributed by atoms with Crippen molar-refractivity contribution in [1.82, 2.24) is 0 Å². The maximum atomic E-state index is 9.81. The first kappa shape index (κ1) is 8.02. The highest BCUT2D eigenvalue weighted by atomic mass is 32.1. The van der Waals surface area contributed by atoms with Crippen molar-refractivity contribution < 1.29 is 4.21 Å². The van der Waals surface area contributed by atoms with Crippen LogP contribution >= 0.6 is 0 Å². The van der Waals surface area contributed by atoms with Crippen LogP contribution in [0.1, 0.15) is 32.6 Å². The van der Waals surface area contributed by atoms with Crippen LogP contribution in [-0.2, 0) is 15.9 Å². The fourth-order valence-corrected chi connectivity index (χ4v) is 0.910. The van der Waals surface area contributed by atoms with Gasteiger partial charge in [0, 0.05) is 10.6 Å². The molecule has 0 aromatic heterocycles. The second-order valence-electron chi connectivity index (χ2n) is 1.88. The molecular formula is C6H13OS+. The molecule has 0 aliphatic carbocycles. The molecule has 1 nitrogen and oxygen atoms in total. The topological polar surface area (TPSA) is 17.1 Å². The van der Waals surface area contributed by atoms with Crippen LogP contribution < -0.4 is 0 Å². The van der Waals surface area contributed by atoms with E-state index in [0.29, 0.717) is 11.7 Å². The highest BCUT2D eigenvalue weighted by Gasteiger charge is 1.94. The van der Waals surface area contributed by atoms with Crippen LogP contribution in [0.2, 0.25) is 0 Å². The predicted octanol–water partition coefficient (Wildman–Crippen LogP) is 1.99. The molecule has 0 rings (SSSR count). The molecule has 0 N–H and O–H groups in total. The molecule has 0 aliphatic heterocycles. The molecule has 0 amide bonds. The Morgan fingerprint density at radius 2 is 2.00 bits per heavy atom. The van der Waals surface area contributed by atoms with Crippen molar-refractivity contribution in [1.29, 1.82) is 0 Å². The van der Waals surface area contributed by atoms with E-state index in [1.807, 2.05) is 0 Å². The van der Waals surface area contributed by atoms with Crippen LogP contribution in [0.25, 0.3) is 0 Å². The van der Waals surface area contributed by atoms with Gasteiger partial charge >= 0.3 is 11.7 Å². The number of unbranched alkanes of at least 4 members (excludes halogenated alkanes) is 3. The van der Waals surface area contributed by atoms with Crippen molar-refractivity contribution in [2.24, 2.45) is 0 Å². The summed E-state index contributed by atoms with van der Waals surface area (Å²) in [6.45, 7) is 2.17. The molecule has 48 valence electrons. The Labute approximate surface area is 55.0 Å². The monoisotopic (exact) mass is 133 g/mol. The second-order valence-corrected chi connectivity index (χ2v) is 2.53. The molecule has 0 saturated heterocycles. The zero-order chi connectivity index (χ0) is 6.24. The minimum absolute atomic E-state index is 0.702. The third-order valence-corrected chi connectivity index (χ3v) is 1.54. The van der Waals surface area contributed by atoms with Crippen LogP contribution in [0, 0.1) is 0 Å². The molecule has 0 unspecified atom stereocenters. The highest BCUT2D eigenvalue weighted by molar-refractivity contribution is 7.65. The summed E-state index contributed by atoms with van der Waals surface area (Å²) in [6.07, 6.45) is 4.86. The van der Waals surface area contributed by atoms with Crippen LogP contribution in [0.3, 0.4) is 0 Å². The summed E-state index contributed by atoms with van der Waals surface area (Å²) in [6, 6.07) is 0. The Bertz CT molecular complexity index is 54.5. The van der Waals surface area contributed by atoms with Crippen molar-refractivity contribution in [3.63, 3.8) is 0 Å². The van der Waals surface area contributed by atoms with Gasteiger partial charge in [-0.3, -0.25) is 0 Å². The van der Waals surface area contributed by atoms with Gasteiger partial charge in [-0.1, -0.05) is 19.8 Å². The average molecular weight is 133 g/mol. The summed E-state index contributed by atoms with van der Waals surface area (Å²) in [5.41, 5.74) is 0. The molecule has 0 spiro atoms. The molecular weight excluding hydrogens is 120 g/mol. The lowest BCUT2D eigenvalue weighted by atomic mass is 10.2. The average Bonchev–Trinajstić information content (AvgIpc) is 1.81. The van der Waals surface area contributed by atoms with E-state index in [1.54, 1.807) is 0 Å². The summed E-state index contributed by atoms with van der Waals surface area (Å²) in [5.74, 6) is 0.792. The summed E-state index contributed by atoms with van der Waals surface area (Å²) >= 11 is 0.702. The van der Waals surface area contributed by atoms with E-state index >= 15 is 0 Å². The van der Waals surface area contributed by atoms with E-state index in [1.165, 1.54) is 19.3 Å². The SMILES string of the molecule is CCCCCC[S+]=O. The van der Waals surface area contributed by atoms with Gasteiger partial charge < -0.3 is 0 Å². The lowest BCUT2D eigenvalue weighted by molar-refractivity contribution is 0.601. The first-order valence-electron chi connectivity index (χ1n) is 3.16. The number of rotatable bonds is 5. The van der Waals surface area contributed by atoms with Crippen molar-refractivity contribution in [2.45, 2.75) is 32.6 Å². The van der Waals surface area contributed by atoms with Gasteiger partial charge in [0.1, 0.15) is 0 Å². The maximum absolute atomic E-state index is 9.81. The molecule has 2 heteroatoms. The van der Waals surface area contributed by atoms with Crippen molar-refractivity contribution >= 4 is 11.7 Å². The molecule has 0 fully saturated rings. The molecule has 0 aromatic rings. The lowest BCUT2D eigenvalue weighted by Crippen LogP contribution is -1.80. The van der Waals surface area contributed by atoms with Gasteiger partial charge in [0.2, 0.25) is 5.75 Å². The predicted molar refractivity (Wildman–Crippen MR) is 37.1 cm³/mol. The van der Waals surface area contributed by atoms with Gasteiger partial charge in [-0.05, 0) is 6.42 Å². The van der Waals surface area contributed by atoms with Crippen LogP contribution in [-0.4, -0.2) is 5.75 Å². The maximum Gasteiger partial charge on any atom is 0.458 e. The molecule has 0 radical (unpaired) electrons. The molecule has 0 atom stereocenters. The summed E-state index contributed by atoms with van der Waals surface area (Å²) in [7, 11) is 0. The van der Waals surface area contributed by atoms with Gasteiger partial charge in [0.25, 0.3) is 0 Å². The minimum Gasteiger partial charge on any atom is -0.0654 e. The number of hydrogen-bond donors (Lipinski definition) is 0. The van der Waals surface area contributed by atoms with Gasteiger partial charge in [-0.15, -0.1) is 0 Å². The zero-order valence-corrected chi connectivity index (χ0v) is 6.17. The van der Waals surface area contributed by atoms with E-state index < -0.39 is 0 Å². The molecule has 0 aliphatic rings. The van der Waals surface area contributed by atoms with Gasteiger partial charge in [0.05, 0.1) is 0 Å². The number of hydrogen-bond acceptors (Lipinski definition) is 1. The quantitative estimate of drug-likeness (QED) is 0.414. The van der Waals surface area contributed by atoms with Gasteiger partial charge in [0.15, 0.2) is 0 Å². The largest absolute Gasteiger partial charge is 0.458 e.